The molecule has 1 saturated carbocycles. The Kier molecular flexibility index (Phi) is 8.62. The van der Waals surface area contributed by atoms with Gasteiger partial charge >= 0.3 is 18.5 Å². The van der Waals surface area contributed by atoms with Crippen LogP contribution in [0.2, 0.25) is 0 Å². The van der Waals surface area contributed by atoms with Gasteiger partial charge in [-0.25, -0.2) is 23.9 Å². The molecule has 2 fully saturated rings. The first-order valence-corrected chi connectivity index (χ1v) is 14.8. The Bertz CT molecular complexity index is 1510. The molecule has 0 aromatic carbocycles. The van der Waals surface area contributed by atoms with Gasteiger partial charge in [-0.15, -0.1) is 0 Å². The van der Waals surface area contributed by atoms with Crippen LogP contribution in [0.25, 0.3) is 5.52 Å². The number of nitrogens with zero attached hydrogens (tertiary/aromatic N) is 4. The van der Waals surface area contributed by atoms with Crippen molar-refractivity contribution >= 4 is 29.8 Å². The van der Waals surface area contributed by atoms with Crippen LogP contribution in [0, 0.1) is 11.3 Å². The van der Waals surface area contributed by atoms with Crippen molar-refractivity contribution in [1.29, 1.82) is 5.26 Å². The van der Waals surface area contributed by atoms with E-state index in [9.17, 15) is 19.6 Å². The van der Waals surface area contributed by atoms with Crippen LogP contribution >= 0.6 is 0 Å². The predicted molar refractivity (Wildman–Crippen MR) is 156 cm³/mol. The third-order valence-corrected chi connectivity index (χ3v) is 8.51. The number of carbonyl (C=O) groups is 3. The first-order valence-electron chi connectivity index (χ1n) is 14.8. The van der Waals surface area contributed by atoms with Crippen molar-refractivity contribution in [3.05, 3.63) is 24.2 Å². The molecule has 0 bridgehead atoms. The molecule has 45 heavy (non-hydrogen) atoms. The number of hydrogen-bond donors (Lipinski definition) is 1. The molecule has 3 heterocycles. The monoisotopic (exact) mass is 631 g/mol. The highest BCUT2D eigenvalue weighted by atomic mass is 16.8. The van der Waals surface area contributed by atoms with Gasteiger partial charge in [0, 0.05) is 0 Å². The van der Waals surface area contributed by atoms with E-state index >= 15 is 0 Å². The van der Waals surface area contributed by atoms with Crippen molar-refractivity contribution in [2.45, 2.75) is 128 Å². The molecule has 1 aliphatic heterocycles. The topological polar surface area (TPSA) is 196 Å². The largest absolute Gasteiger partial charge is 0.509 e. The standard InChI is InChI=1S/C30H41N5O10/c1-10-26(4,5)42-23(36)39-19-20-30(19,45-25(38)44-28(8,9)12-3)22(40-24(37)43-27(6,7)11-2)29(15-31,41-20)18-14-13-17-21(32)33-16-34-35(17)18/h13-14,16,19-20,22H,10-12H2,1-9H3,(H2,32,33,34)/t19?,20-,22+,29+,30-/m1/s1. The molecular formula is C30H41N5O10. The molecule has 5 atom stereocenters. The summed E-state index contributed by atoms with van der Waals surface area (Å²) in [4.78, 5) is 43.5. The molecule has 4 rings (SSSR count). The van der Waals surface area contributed by atoms with Gasteiger partial charge in [0.2, 0.25) is 11.2 Å². The number of anilines is 1. The zero-order valence-corrected chi connectivity index (χ0v) is 27.0. The van der Waals surface area contributed by atoms with Gasteiger partial charge in [0.05, 0.1) is 5.69 Å². The summed E-state index contributed by atoms with van der Waals surface area (Å²) in [5.41, 5.74) is -0.564. The van der Waals surface area contributed by atoms with Gasteiger partial charge in [0.15, 0.2) is 18.0 Å². The van der Waals surface area contributed by atoms with Crippen molar-refractivity contribution in [2.24, 2.45) is 0 Å². The third kappa shape index (κ3) is 6.15. The Morgan fingerprint density at radius 3 is 2.00 bits per heavy atom. The van der Waals surface area contributed by atoms with Crippen molar-refractivity contribution in [3.63, 3.8) is 0 Å². The number of rotatable bonds is 10. The summed E-state index contributed by atoms with van der Waals surface area (Å²) in [6, 6.07) is 5.13. The van der Waals surface area contributed by atoms with Gasteiger partial charge in [0.25, 0.3) is 0 Å². The summed E-state index contributed by atoms with van der Waals surface area (Å²) in [6.45, 7) is 15.5. The first-order chi connectivity index (χ1) is 20.9. The molecule has 2 aliphatic rings. The second-order valence-electron chi connectivity index (χ2n) is 12.9. The van der Waals surface area contributed by atoms with Gasteiger partial charge in [-0.2, -0.15) is 10.4 Å². The smallest absolute Gasteiger partial charge is 0.428 e. The predicted octanol–water partition coefficient (Wildman–Crippen LogP) is 4.94. The fourth-order valence-corrected chi connectivity index (χ4v) is 4.73. The molecule has 0 radical (unpaired) electrons. The number of hydrogen-bond acceptors (Lipinski definition) is 14. The third-order valence-electron chi connectivity index (χ3n) is 8.51. The van der Waals surface area contributed by atoms with Crippen LogP contribution in [-0.2, 0) is 38.8 Å². The first kappa shape index (κ1) is 33.6. The number of fused-ring (bicyclic) bond motifs is 2. The minimum absolute atomic E-state index is 0.0764. The van der Waals surface area contributed by atoms with Gasteiger partial charge in [0.1, 0.15) is 40.8 Å². The lowest BCUT2D eigenvalue weighted by atomic mass is 9.90. The maximum atomic E-state index is 13.3. The fraction of sp³-hybridized carbons (Fsp3) is 0.667. The van der Waals surface area contributed by atoms with Crippen LogP contribution in [0.3, 0.4) is 0 Å². The SMILES string of the molecule is CCC(C)(C)OC(=O)OC1[C@H]2O[C@@](C#N)(c3ccc4c(N)ncnn34)[C@H](OC(=O)OC(C)(C)CC)[C@@]12OC(=O)OC(C)(C)CC. The van der Waals surface area contributed by atoms with E-state index in [0.717, 1.165) is 0 Å². The van der Waals surface area contributed by atoms with Gasteiger partial charge in [-0.3, -0.25) is 0 Å². The highest BCUT2D eigenvalue weighted by Crippen LogP contribution is 2.63. The van der Waals surface area contributed by atoms with Crippen LogP contribution in [0.4, 0.5) is 20.2 Å². The molecule has 2 N–H and O–H groups in total. The lowest BCUT2D eigenvalue weighted by Gasteiger charge is -2.34. The molecule has 15 heteroatoms. The van der Waals surface area contributed by atoms with E-state index in [-0.39, 0.29) is 11.5 Å². The number of ether oxygens (including phenoxy) is 7. The lowest BCUT2D eigenvalue weighted by Crippen LogP contribution is -2.52. The quantitative estimate of drug-likeness (QED) is 0.273. The number of nitriles is 1. The minimum Gasteiger partial charge on any atom is -0.428 e. The van der Waals surface area contributed by atoms with Gasteiger partial charge < -0.3 is 38.9 Å². The Hall–Kier alpha value is -4.32. The van der Waals surface area contributed by atoms with Crippen LogP contribution < -0.4 is 5.73 Å². The molecule has 2 aromatic heterocycles. The van der Waals surface area contributed by atoms with Crippen molar-refractivity contribution in [2.75, 3.05) is 5.73 Å². The van der Waals surface area contributed by atoms with Crippen LogP contribution in [0.5, 0.6) is 0 Å². The Morgan fingerprint density at radius 2 is 1.47 bits per heavy atom. The average Bonchev–Trinajstić information content (AvgIpc) is 3.23. The summed E-state index contributed by atoms with van der Waals surface area (Å²) in [5.74, 6) is 0.105. The van der Waals surface area contributed by atoms with Crippen molar-refractivity contribution < 1.29 is 47.5 Å². The molecule has 0 spiro atoms. The normalized spacial score (nSPS) is 25.9. The number of carbonyl (C=O) groups excluding carboxylic acids is 3. The fourth-order valence-electron chi connectivity index (χ4n) is 4.73. The van der Waals surface area contributed by atoms with E-state index in [0.29, 0.717) is 24.8 Å². The summed E-state index contributed by atoms with van der Waals surface area (Å²) in [5, 5.41) is 15.0. The summed E-state index contributed by atoms with van der Waals surface area (Å²) >= 11 is 0. The summed E-state index contributed by atoms with van der Waals surface area (Å²) in [7, 11) is 0. The molecule has 15 nitrogen and oxygen atoms in total. The molecular weight excluding hydrogens is 590 g/mol. The zero-order valence-electron chi connectivity index (χ0n) is 27.0. The average molecular weight is 632 g/mol. The highest BCUT2D eigenvalue weighted by Gasteiger charge is 2.89. The van der Waals surface area contributed by atoms with Crippen LogP contribution in [-0.4, -0.2) is 73.8 Å². The molecule has 1 unspecified atom stereocenters. The maximum Gasteiger partial charge on any atom is 0.509 e. The molecule has 1 aliphatic carbocycles. The van der Waals surface area contributed by atoms with E-state index in [2.05, 4.69) is 16.2 Å². The summed E-state index contributed by atoms with van der Waals surface area (Å²) < 4.78 is 41.4. The van der Waals surface area contributed by atoms with Crippen molar-refractivity contribution in [3.8, 4) is 6.07 Å². The number of nitrogen functional groups attached to an aromatic ring is 1. The van der Waals surface area contributed by atoms with Crippen LogP contribution in [0.1, 0.15) is 87.3 Å². The van der Waals surface area contributed by atoms with Gasteiger partial charge in [-0.05, 0) is 72.9 Å². The molecule has 246 valence electrons. The van der Waals surface area contributed by atoms with E-state index < -0.39 is 64.8 Å². The maximum absolute atomic E-state index is 13.3. The lowest BCUT2D eigenvalue weighted by molar-refractivity contribution is -0.146. The molecule has 0 amide bonds. The van der Waals surface area contributed by atoms with E-state index in [1.54, 1.807) is 47.6 Å². The number of nitrogens with two attached hydrogens (primary N) is 1. The Labute approximate surface area is 261 Å². The van der Waals surface area contributed by atoms with Crippen molar-refractivity contribution in [1.82, 2.24) is 14.6 Å². The summed E-state index contributed by atoms with van der Waals surface area (Å²) in [6.07, 6.45) is -5.34. The Morgan fingerprint density at radius 1 is 0.933 bits per heavy atom. The van der Waals surface area contributed by atoms with E-state index in [4.69, 9.17) is 38.9 Å². The second-order valence-corrected chi connectivity index (χ2v) is 12.9. The Balaban J connectivity index is 1.84. The minimum atomic E-state index is -2.17. The highest BCUT2D eigenvalue weighted by molar-refractivity contribution is 5.69. The van der Waals surface area contributed by atoms with Crippen LogP contribution in [0.15, 0.2) is 18.5 Å². The molecule has 2 aromatic rings. The van der Waals surface area contributed by atoms with Gasteiger partial charge in [-0.1, -0.05) is 20.8 Å². The zero-order chi connectivity index (χ0) is 33.6. The number of aromatic nitrogens is 3. The second kappa shape index (κ2) is 11.6. The van der Waals surface area contributed by atoms with E-state index in [1.807, 2.05) is 20.8 Å². The molecule has 1 saturated heterocycles. The van der Waals surface area contributed by atoms with E-state index in [1.165, 1.54) is 16.9 Å².